The van der Waals surface area contributed by atoms with E-state index in [4.69, 9.17) is 14.0 Å². The molecule has 1 N–H and O–H groups in total. The number of carbonyl (C=O) groups is 1. The molecule has 1 aromatic carbocycles. The molecular weight excluding hydrogens is 310 g/mol. The summed E-state index contributed by atoms with van der Waals surface area (Å²) in [5, 5.41) is 6.70. The van der Waals surface area contributed by atoms with Crippen molar-refractivity contribution in [1.29, 1.82) is 0 Å². The number of amides is 1. The summed E-state index contributed by atoms with van der Waals surface area (Å²) in [5.74, 6) is 1.75. The summed E-state index contributed by atoms with van der Waals surface area (Å²) in [5.41, 5.74) is 2.00. The molecule has 2 aromatic heterocycles. The van der Waals surface area contributed by atoms with Crippen LogP contribution in [0.4, 0.5) is 5.69 Å². The standard InChI is InChI=1S/C17H13N3O4/c21-17(19-12-2-1-5-18-9-12)8-13-7-15(24-20-13)11-3-4-14-16(6-11)23-10-22-14/h1-7,9H,8,10H2,(H,19,21). The van der Waals surface area contributed by atoms with E-state index < -0.39 is 0 Å². The number of ether oxygens (including phenoxy) is 2. The van der Waals surface area contributed by atoms with Crippen LogP contribution < -0.4 is 14.8 Å². The number of benzene rings is 1. The van der Waals surface area contributed by atoms with Crippen LogP contribution in [0.5, 0.6) is 11.5 Å². The molecule has 24 heavy (non-hydrogen) atoms. The van der Waals surface area contributed by atoms with Gasteiger partial charge in [0.05, 0.1) is 24.0 Å². The van der Waals surface area contributed by atoms with E-state index in [2.05, 4.69) is 15.5 Å². The highest BCUT2D eigenvalue weighted by Crippen LogP contribution is 2.36. The molecule has 0 radical (unpaired) electrons. The van der Waals surface area contributed by atoms with E-state index in [1.165, 1.54) is 0 Å². The number of nitrogens with zero attached hydrogens (tertiary/aromatic N) is 2. The molecule has 3 aromatic rings. The van der Waals surface area contributed by atoms with Gasteiger partial charge in [-0.25, -0.2) is 0 Å². The topological polar surface area (TPSA) is 86.5 Å². The van der Waals surface area contributed by atoms with Gasteiger partial charge in [0.2, 0.25) is 12.7 Å². The van der Waals surface area contributed by atoms with Crippen LogP contribution in [0.25, 0.3) is 11.3 Å². The maximum atomic E-state index is 12.0. The van der Waals surface area contributed by atoms with Crippen molar-refractivity contribution in [2.45, 2.75) is 6.42 Å². The smallest absolute Gasteiger partial charge is 0.231 e. The molecule has 120 valence electrons. The Bertz CT molecular complexity index is 877. The summed E-state index contributed by atoms with van der Waals surface area (Å²) in [4.78, 5) is 16.0. The molecule has 0 saturated carbocycles. The summed E-state index contributed by atoms with van der Waals surface area (Å²) >= 11 is 0. The third-order valence-electron chi connectivity index (χ3n) is 3.50. The maximum Gasteiger partial charge on any atom is 0.231 e. The number of anilines is 1. The Labute approximate surface area is 137 Å². The molecule has 4 rings (SSSR count). The molecule has 3 heterocycles. The Morgan fingerprint density at radius 1 is 1.17 bits per heavy atom. The van der Waals surface area contributed by atoms with E-state index in [-0.39, 0.29) is 19.1 Å². The first-order valence-corrected chi connectivity index (χ1v) is 7.33. The average Bonchev–Trinajstić information content (AvgIpc) is 3.24. The number of carbonyl (C=O) groups excluding carboxylic acids is 1. The van der Waals surface area contributed by atoms with E-state index in [1.54, 1.807) is 30.6 Å². The highest BCUT2D eigenvalue weighted by atomic mass is 16.7. The Balaban J connectivity index is 1.46. The number of nitrogens with one attached hydrogen (secondary N) is 1. The quantitative estimate of drug-likeness (QED) is 0.794. The second-order valence-electron chi connectivity index (χ2n) is 5.22. The molecule has 0 unspecified atom stereocenters. The van der Waals surface area contributed by atoms with E-state index >= 15 is 0 Å². The first-order chi connectivity index (χ1) is 11.8. The number of hydrogen-bond acceptors (Lipinski definition) is 6. The van der Waals surface area contributed by atoms with Gasteiger partial charge in [-0.05, 0) is 30.3 Å². The fraction of sp³-hybridized carbons (Fsp3) is 0.118. The van der Waals surface area contributed by atoms with Crippen LogP contribution in [0.15, 0.2) is 53.3 Å². The first-order valence-electron chi connectivity index (χ1n) is 7.33. The number of pyridine rings is 1. The summed E-state index contributed by atoms with van der Waals surface area (Å²) in [6, 6.07) is 10.8. The normalized spacial score (nSPS) is 12.2. The van der Waals surface area contributed by atoms with Crippen molar-refractivity contribution in [1.82, 2.24) is 10.1 Å². The van der Waals surface area contributed by atoms with Gasteiger partial charge in [-0.15, -0.1) is 0 Å². The highest BCUT2D eigenvalue weighted by molar-refractivity contribution is 5.91. The van der Waals surface area contributed by atoms with Gasteiger partial charge in [0.25, 0.3) is 0 Å². The van der Waals surface area contributed by atoms with Crippen molar-refractivity contribution in [3.63, 3.8) is 0 Å². The predicted molar refractivity (Wildman–Crippen MR) is 84.6 cm³/mol. The van der Waals surface area contributed by atoms with Gasteiger partial charge in [0.15, 0.2) is 17.3 Å². The molecule has 0 bridgehead atoms. The maximum absolute atomic E-state index is 12.0. The monoisotopic (exact) mass is 323 g/mol. The molecular formula is C17H13N3O4. The largest absolute Gasteiger partial charge is 0.454 e. The lowest BCUT2D eigenvalue weighted by Gasteiger charge is -2.01. The zero-order valence-electron chi connectivity index (χ0n) is 12.6. The Kier molecular flexibility index (Phi) is 3.59. The minimum Gasteiger partial charge on any atom is -0.454 e. The molecule has 1 amide bonds. The summed E-state index contributed by atoms with van der Waals surface area (Å²) in [7, 11) is 0. The molecule has 0 spiro atoms. The number of hydrogen-bond donors (Lipinski definition) is 1. The Morgan fingerprint density at radius 2 is 2.08 bits per heavy atom. The third kappa shape index (κ3) is 2.91. The van der Waals surface area contributed by atoms with Crippen LogP contribution in [-0.2, 0) is 11.2 Å². The number of rotatable bonds is 4. The van der Waals surface area contributed by atoms with Gasteiger partial charge in [-0.1, -0.05) is 5.16 Å². The van der Waals surface area contributed by atoms with Crippen molar-refractivity contribution in [3.05, 3.63) is 54.5 Å². The fourth-order valence-electron chi connectivity index (χ4n) is 2.39. The van der Waals surface area contributed by atoms with E-state index in [0.717, 1.165) is 5.56 Å². The van der Waals surface area contributed by atoms with Gasteiger partial charge in [0, 0.05) is 17.8 Å². The van der Waals surface area contributed by atoms with Crippen LogP contribution in [0.2, 0.25) is 0 Å². The van der Waals surface area contributed by atoms with Crippen molar-refractivity contribution in [3.8, 4) is 22.8 Å². The lowest BCUT2D eigenvalue weighted by molar-refractivity contribution is -0.115. The fourth-order valence-corrected chi connectivity index (χ4v) is 2.39. The average molecular weight is 323 g/mol. The molecule has 7 heteroatoms. The summed E-state index contributed by atoms with van der Waals surface area (Å²) in [6.45, 7) is 0.217. The predicted octanol–water partition coefficient (Wildman–Crippen LogP) is 2.65. The zero-order chi connectivity index (χ0) is 16.4. The van der Waals surface area contributed by atoms with Crippen molar-refractivity contribution >= 4 is 11.6 Å². The van der Waals surface area contributed by atoms with Crippen LogP contribution in [0.1, 0.15) is 5.69 Å². The summed E-state index contributed by atoms with van der Waals surface area (Å²) < 4.78 is 15.9. The lowest BCUT2D eigenvalue weighted by Crippen LogP contribution is -2.14. The molecule has 7 nitrogen and oxygen atoms in total. The first kappa shape index (κ1) is 14.3. The van der Waals surface area contributed by atoms with Crippen LogP contribution >= 0.6 is 0 Å². The van der Waals surface area contributed by atoms with Crippen molar-refractivity contribution in [2.75, 3.05) is 12.1 Å². The van der Waals surface area contributed by atoms with E-state index in [1.807, 2.05) is 18.2 Å². The molecule has 1 aliphatic heterocycles. The minimum absolute atomic E-state index is 0.114. The van der Waals surface area contributed by atoms with Crippen LogP contribution in [0.3, 0.4) is 0 Å². The Morgan fingerprint density at radius 3 is 2.96 bits per heavy atom. The zero-order valence-corrected chi connectivity index (χ0v) is 12.6. The minimum atomic E-state index is -0.187. The van der Waals surface area contributed by atoms with Crippen LogP contribution in [0, 0.1) is 0 Å². The molecule has 0 atom stereocenters. The van der Waals surface area contributed by atoms with Gasteiger partial charge >= 0.3 is 0 Å². The SMILES string of the molecule is O=C(Cc1cc(-c2ccc3c(c2)OCO3)on1)Nc1cccnc1. The van der Waals surface area contributed by atoms with E-state index in [0.29, 0.717) is 28.6 Å². The van der Waals surface area contributed by atoms with Gasteiger partial charge in [-0.3, -0.25) is 9.78 Å². The molecule has 1 aliphatic rings. The van der Waals surface area contributed by atoms with Gasteiger partial charge < -0.3 is 19.3 Å². The van der Waals surface area contributed by atoms with Gasteiger partial charge in [0.1, 0.15) is 0 Å². The highest BCUT2D eigenvalue weighted by Gasteiger charge is 2.16. The van der Waals surface area contributed by atoms with Crippen LogP contribution in [-0.4, -0.2) is 22.8 Å². The molecule has 0 aliphatic carbocycles. The van der Waals surface area contributed by atoms with Crippen molar-refractivity contribution < 1.29 is 18.8 Å². The van der Waals surface area contributed by atoms with Crippen molar-refractivity contribution in [2.24, 2.45) is 0 Å². The molecule has 0 saturated heterocycles. The number of aromatic nitrogens is 2. The third-order valence-corrected chi connectivity index (χ3v) is 3.50. The second kappa shape index (κ2) is 6.04. The van der Waals surface area contributed by atoms with Gasteiger partial charge in [-0.2, -0.15) is 0 Å². The molecule has 0 fully saturated rings. The Hall–Kier alpha value is -3.35. The second-order valence-corrected chi connectivity index (χ2v) is 5.22. The van der Waals surface area contributed by atoms with E-state index in [9.17, 15) is 4.79 Å². The summed E-state index contributed by atoms with van der Waals surface area (Å²) in [6.07, 6.45) is 3.34. The lowest BCUT2D eigenvalue weighted by atomic mass is 10.1. The number of fused-ring (bicyclic) bond motifs is 1.